The first-order valence-corrected chi connectivity index (χ1v) is 16.7. The van der Waals surface area contributed by atoms with Crippen LogP contribution in [0.5, 0.6) is 5.75 Å². The zero-order valence-corrected chi connectivity index (χ0v) is 28.7. The Kier molecular flexibility index (Phi) is 9.92. The van der Waals surface area contributed by atoms with Crippen LogP contribution in [-0.4, -0.2) is 77.3 Å². The lowest BCUT2D eigenvalue weighted by atomic mass is 9.62. The number of aliphatic hydroxyl groups excluding tert-OH is 1. The smallest absolute Gasteiger partial charge is 0.253 e. The number of anilines is 2. The van der Waals surface area contributed by atoms with E-state index in [2.05, 4.69) is 13.2 Å². The van der Waals surface area contributed by atoms with Gasteiger partial charge in [0.25, 0.3) is 5.91 Å². The third-order valence-corrected chi connectivity index (χ3v) is 10.6. The van der Waals surface area contributed by atoms with Gasteiger partial charge >= 0.3 is 0 Å². The predicted octanol–water partition coefficient (Wildman–Crippen LogP) is 5.50. The molecule has 2 aromatic carbocycles. The Balaban J connectivity index is 1.64. The molecule has 0 radical (unpaired) electrons. The van der Waals surface area contributed by atoms with Crippen molar-refractivity contribution in [3.05, 3.63) is 78.9 Å². The number of aliphatic hydroxyl groups is 1. The summed E-state index contributed by atoms with van der Waals surface area (Å²) in [4.78, 5) is 49.4. The molecule has 3 heterocycles. The van der Waals surface area contributed by atoms with Crippen LogP contribution < -0.4 is 14.5 Å². The molecule has 47 heavy (non-hydrogen) atoms. The number of ether oxygens (including phenoxy) is 2. The molecule has 0 aromatic heterocycles. The lowest BCUT2D eigenvalue weighted by molar-refractivity contribution is -0.150. The van der Waals surface area contributed by atoms with E-state index in [9.17, 15) is 19.5 Å². The molecule has 0 aliphatic carbocycles. The van der Waals surface area contributed by atoms with Crippen LogP contribution in [0.3, 0.4) is 0 Å². The van der Waals surface area contributed by atoms with E-state index in [1.807, 2.05) is 58.9 Å². The number of likely N-dealkylation sites (tertiary alicyclic amines) is 1. The molecule has 9 nitrogen and oxygen atoms in total. The molecular formula is C37H46ClN3O6. The van der Waals surface area contributed by atoms with E-state index < -0.39 is 35.1 Å². The molecule has 3 saturated heterocycles. The van der Waals surface area contributed by atoms with Gasteiger partial charge in [0, 0.05) is 29.5 Å². The zero-order valence-electron chi connectivity index (χ0n) is 27.9. The molecule has 1 N–H and O–H groups in total. The van der Waals surface area contributed by atoms with Crippen LogP contribution in [0.4, 0.5) is 11.4 Å². The summed E-state index contributed by atoms with van der Waals surface area (Å²) in [6.45, 7) is 17.9. The predicted molar refractivity (Wildman–Crippen MR) is 183 cm³/mol. The van der Waals surface area contributed by atoms with Crippen LogP contribution in [0.25, 0.3) is 0 Å². The highest BCUT2D eigenvalue weighted by molar-refractivity contribution is 6.30. The van der Waals surface area contributed by atoms with E-state index in [1.54, 1.807) is 46.2 Å². The van der Waals surface area contributed by atoms with Crippen LogP contribution in [-0.2, 0) is 19.1 Å². The third-order valence-electron chi connectivity index (χ3n) is 10.3. The SMILES string of the molecule is C=CCN(C(=O)C1N([C@@H](CO)C(C)C)C(=O)[C@@H]2[C@@H](C(=O)N(CC=C)c3ccc(OCC)cc3)[C@]3(C)OC12CC3C)c1ccc(Cl)cc1. The standard InChI is InChI=1S/C37H46ClN3O6/c1-8-19-39(27-15-17-28(18-16-27)46-10-3)33(43)30-31-34(44)41(29(22-42)23(4)5)32(37(31)21-24(6)36(30,7)47-37)35(45)40(20-9-2)26-13-11-25(38)12-14-26/h8-9,11-18,23-24,29-32,42H,1-2,10,19-22H2,3-7H3/t24?,29-,30-,31-,32?,36+,37?/m0/s1. The summed E-state index contributed by atoms with van der Waals surface area (Å²) in [6.07, 6.45) is 3.68. The lowest BCUT2D eigenvalue weighted by Gasteiger charge is -2.40. The molecule has 1 spiro atoms. The van der Waals surface area contributed by atoms with Gasteiger partial charge in [-0.25, -0.2) is 0 Å². The van der Waals surface area contributed by atoms with E-state index in [-0.39, 0.29) is 49.3 Å². The summed E-state index contributed by atoms with van der Waals surface area (Å²) >= 11 is 6.18. The molecule has 3 fully saturated rings. The molecule has 5 rings (SSSR count). The molecule has 3 aliphatic rings. The summed E-state index contributed by atoms with van der Waals surface area (Å²) in [5.74, 6) is -2.48. The van der Waals surface area contributed by atoms with Crippen molar-refractivity contribution in [1.82, 2.24) is 4.90 Å². The fourth-order valence-electron chi connectivity index (χ4n) is 8.04. The average molecular weight is 664 g/mol. The van der Waals surface area contributed by atoms with E-state index in [1.165, 1.54) is 4.90 Å². The Morgan fingerprint density at radius 2 is 1.62 bits per heavy atom. The van der Waals surface area contributed by atoms with Crippen LogP contribution in [0.1, 0.15) is 41.0 Å². The highest BCUT2D eigenvalue weighted by Gasteiger charge is 2.80. The Bertz CT molecular complexity index is 1510. The van der Waals surface area contributed by atoms with Gasteiger partial charge in [-0.15, -0.1) is 13.2 Å². The van der Waals surface area contributed by atoms with Crippen LogP contribution in [0.15, 0.2) is 73.8 Å². The first-order valence-electron chi connectivity index (χ1n) is 16.4. The molecule has 7 atom stereocenters. The summed E-state index contributed by atoms with van der Waals surface area (Å²) < 4.78 is 12.6. The highest BCUT2D eigenvalue weighted by atomic mass is 35.5. The normalized spacial score (nSPS) is 28.3. The van der Waals surface area contributed by atoms with Crippen molar-refractivity contribution in [3.63, 3.8) is 0 Å². The molecule has 252 valence electrons. The number of carbonyl (C=O) groups is 3. The van der Waals surface area contributed by atoms with Crippen LogP contribution in [0, 0.1) is 23.7 Å². The summed E-state index contributed by atoms with van der Waals surface area (Å²) in [5, 5.41) is 11.2. The van der Waals surface area contributed by atoms with Crippen molar-refractivity contribution in [2.45, 2.75) is 64.3 Å². The van der Waals surface area contributed by atoms with Crippen molar-refractivity contribution in [3.8, 4) is 5.75 Å². The van der Waals surface area contributed by atoms with Gasteiger partial charge in [0.2, 0.25) is 11.8 Å². The minimum Gasteiger partial charge on any atom is -0.494 e. The second-order valence-electron chi connectivity index (χ2n) is 13.3. The number of amides is 3. The van der Waals surface area contributed by atoms with Crippen molar-refractivity contribution in [1.29, 1.82) is 0 Å². The lowest BCUT2D eigenvalue weighted by Crippen LogP contribution is -2.60. The van der Waals surface area contributed by atoms with Gasteiger partial charge in [-0.2, -0.15) is 0 Å². The van der Waals surface area contributed by atoms with Crippen LogP contribution in [0.2, 0.25) is 5.02 Å². The van der Waals surface area contributed by atoms with Gasteiger partial charge in [0.1, 0.15) is 17.4 Å². The maximum Gasteiger partial charge on any atom is 0.253 e. The van der Waals surface area contributed by atoms with Gasteiger partial charge in [-0.3, -0.25) is 14.4 Å². The van der Waals surface area contributed by atoms with Crippen molar-refractivity contribution in [2.24, 2.45) is 23.7 Å². The van der Waals surface area contributed by atoms with E-state index in [4.69, 9.17) is 21.1 Å². The second kappa shape index (κ2) is 13.5. The third kappa shape index (κ3) is 5.66. The van der Waals surface area contributed by atoms with Gasteiger partial charge in [0.05, 0.1) is 36.7 Å². The number of benzene rings is 2. The van der Waals surface area contributed by atoms with Crippen molar-refractivity contribution in [2.75, 3.05) is 36.1 Å². The summed E-state index contributed by atoms with van der Waals surface area (Å²) in [6, 6.07) is 12.4. The number of carbonyl (C=O) groups excluding carboxylic acids is 3. The molecule has 2 aromatic rings. The summed E-state index contributed by atoms with van der Waals surface area (Å²) in [7, 11) is 0. The molecule has 3 unspecified atom stereocenters. The van der Waals surface area contributed by atoms with E-state index in [0.29, 0.717) is 35.2 Å². The number of hydrogen-bond acceptors (Lipinski definition) is 6. The molecule has 10 heteroatoms. The van der Waals surface area contributed by atoms with Crippen molar-refractivity contribution < 1.29 is 29.0 Å². The Hall–Kier alpha value is -3.66. The highest BCUT2D eigenvalue weighted by Crippen LogP contribution is 2.66. The molecule has 3 amide bonds. The number of rotatable bonds is 13. The number of nitrogens with zero attached hydrogens (tertiary/aromatic N) is 3. The van der Waals surface area contributed by atoms with Crippen LogP contribution >= 0.6 is 11.6 Å². The maximum absolute atomic E-state index is 14.9. The Morgan fingerprint density at radius 3 is 2.13 bits per heavy atom. The fourth-order valence-corrected chi connectivity index (χ4v) is 8.16. The Morgan fingerprint density at radius 1 is 1.06 bits per heavy atom. The minimum absolute atomic E-state index is 0.156. The number of fused-ring (bicyclic) bond motifs is 1. The number of hydrogen-bond donors (Lipinski definition) is 1. The van der Waals surface area contributed by atoms with Crippen molar-refractivity contribution >= 4 is 40.7 Å². The maximum atomic E-state index is 14.9. The molecule has 0 saturated carbocycles. The minimum atomic E-state index is -1.30. The monoisotopic (exact) mass is 663 g/mol. The molecule has 2 bridgehead atoms. The first-order chi connectivity index (χ1) is 22.4. The first kappa shape index (κ1) is 34.7. The summed E-state index contributed by atoms with van der Waals surface area (Å²) in [5.41, 5.74) is -1.10. The number of halogens is 1. The van der Waals surface area contributed by atoms with Gasteiger partial charge in [-0.05, 0) is 80.6 Å². The zero-order chi connectivity index (χ0) is 34.3. The van der Waals surface area contributed by atoms with E-state index >= 15 is 0 Å². The second-order valence-corrected chi connectivity index (χ2v) is 13.8. The molecular weight excluding hydrogens is 618 g/mol. The topological polar surface area (TPSA) is 99.6 Å². The van der Waals surface area contributed by atoms with Gasteiger partial charge < -0.3 is 29.3 Å². The van der Waals surface area contributed by atoms with E-state index in [0.717, 1.165) is 0 Å². The average Bonchev–Trinajstić information content (AvgIpc) is 3.56. The molecule has 3 aliphatic heterocycles. The quantitative estimate of drug-likeness (QED) is 0.284. The Labute approximate surface area is 282 Å². The van der Waals surface area contributed by atoms with Gasteiger partial charge in [0.15, 0.2) is 0 Å². The largest absolute Gasteiger partial charge is 0.494 e. The van der Waals surface area contributed by atoms with Gasteiger partial charge in [-0.1, -0.05) is 44.5 Å². The fraction of sp³-hybridized carbons (Fsp3) is 0.486.